The maximum Gasteiger partial charge on any atom is 0.335 e. The highest BCUT2D eigenvalue weighted by Gasteiger charge is 2.02. The molecule has 0 atom stereocenters. The molecule has 0 radical (unpaired) electrons. The third kappa shape index (κ3) is 4.13. The Bertz CT molecular complexity index is 349. The van der Waals surface area contributed by atoms with Crippen LogP contribution in [0.5, 0.6) is 0 Å². The quantitative estimate of drug-likeness (QED) is 0.449. The van der Waals surface area contributed by atoms with Crippen LogP contribution in [0.3, 0.4) is 0 Å². The number of hydrogen-bond acceptors (Lipinski definition) is 3. The Kier molecular flexibility index (Phi) is 4.84. The second kappa shape index (κ2) is 6.19. The molecule has 0 bridgehead atoms. The van der Waals surface area contributed by atoms with Crippen molar-refractivity contribution in [2.24, 2.45) is 5.16 Å². The highest BCUT2D eigenvalue weighted by atomic mass is 35.5. The van der Waals surface area contributed by atoms with Crippen molar-refractivity contribution in [2.45, 2.75) is 19.8 Å². The lowest BCUT2D eigenvalue weighted by Gasteiger charge is -1.98. The molecule has 0 heterocycles. The lowest BCUT2D eigenvalue weighted by atomic mass is 10.2. The monoisotopic (exact) mass is 225 g/mol. The van der Waals surface area contributed by atoms with E-state index in [1.165, 1.54) is 0 Å². The number of carbonyl (C=O) groups is 1. The smallest absolute Gasteiger partial charge is 0.317 e. The Hall–Kier alpha value is -1.35. The van der Waals surface area contributed by atoms with Gasteiger partial charge in [-0.25, -0.2) is 4.79 Å². The summed E-state index contributed by atoms with van der Waals surface area (Å²) in [5.41, 5.74) is 0.725. The van der Waals surface area contributed by atoms with Crippen molar-refractivity contribution in [2.75, 3.05) is 0 Å². The summed E-state index contributed by atoms with van der Waals surface area (Å²) in [6.07, 6.45) is 1.08. The van der Waals surface area contributed by atoms with E-state index in [-0.39, 0.29) is 11.1 Å². The summed E-state index contributed by atoms with van der Waals surface area (Å²) >= 11 is 5.82. The molecule has 1 aromatic carbocycles. The lowest BCUT2D eigenvalue weighted by Crippen LogP contribution is -2.01. The van der Waals surface area contributed by atoms with Gasteiger partial charge in [-0.05, 0) is 6.42 Å². The van der Waals surface area contributed by atoms with Gasteiger partial charge in [0, 0.05) is 12.0 Å². The van der Waals surface area contributed by atoms with Crippen LogP contribution in [0.15, 0.2) is 35.5 Å². The van der Waals surface area contributed by atoms with Gasteiger partial charge in [-0.15, -0.1) is 0 Å². The number of benzene rings is 1. The van der Waals surface area contributed by atoms with Gasteiger partial charge in [0.25, 0.3) is 0 Å². The molecule has 0 aliphatic rings. The van der Waals surface area contributed by atoms with Gasteiger partial charge in [0.2, 0.25) is 0 Å². The number of carbonyl (C=O) groups excluding carboxylic acids is 1. The summed E-state index contributed by atoms with van der Waals surface area (Å²) in [4.78, 5) is 15.6. The van der Waals surface area contributed by atoms with E-state index < -0.39 is 0 Å². The minimum absolute atomic E-state index is 0.181. The molecule has 0 unspecified atom stereocenters. The third-order valence-corrected chi connectivity index (χ3v) is 1.98. The van der Waals surface area contributed by atoms with E-state index in [2.05, 4.69) is 9.99 Å². The first-order valence-corrected chi connectivity index (χ1v) is 5.10. The normalized spacial score (nSPS) is 11.2. The van der Waals surface area contributed by atoms with E-state index in [0.29, 0.717) is 6.42 Å². The molecule has 0 N–H and O–H groups in total. The standard InChI is InChI=1S/C11H12ClNO2/c1-2-6-10(14)15-13-11(12)9-7-4-3-5-8-9/h3-5,7-8H,2,6H2,1H3. The van der Waals surface area contributed by atoms with Gasteiger partial charge >= 0.3 is 5.97 Å². The van der Waals surface area contributed by atoms with Crippen molar-refractivity contribution in [1.82, 2.24) is 0 Å². The fraction of sp³-hybridized carbons (Fsp3) is 0.273. The van der Waals surface area contributed by atoms with Crippen LogP contribution in [-0.4, -0.2) is 11.1 Å². The molecule has 3 nitrogen and oxygen atoms in total. The van der Waals surface area contributed by atoms with E-state index in [1.54, 1.807) is 12.1 Å². The number of oxime groups is 1. The van der Waals surface area contributed by atoms with Crippen LogP contribution in [-0.2, 0) is 9.63 Å². The Morgan fingerprint density at radius 3 is 2.67 bits per heavy atom. The van der Waals surface area contributed by atoms with Crippen molar-refractivity contribution in [3.8, 4) is 0 Å². The first-order valence-electron chi connectivity index (χ1n) is 4.72. The van der Waals surface area contributed by atoms with Gasteiger partial charge in [-0.2, -0.15) is 0 Å². The van der Waals surface area contributed by atoms with Crippen molar-refractivity contribution in [1.29, 1.82) is 0 Å². The van der Waals surface area contributed by atoms with Gasteiger partial charge in [0.05, 0.1) is 0 Å². The second-order valence-corrected chi connectivity index (χ2v) is 3.32. The fourth-order valence-electron chi connectivity index (χ4n) is 0.969. The molecule has 0 aliphatic carbocycles. The molecular weight excluding hydrogens is 214 g/mol. The molecule has 1 rings (SSSR count). The highest BCUT2D eigenvalue weighted by Crippen LogP contribution is 2.05. The highest BCUT2D eigenvalue weighted by molar-refractivity contribution is 6.69. The van der Waals surface area contributed by atoms with Crippen LogP contribution in [0.2, 0.25) is 0 Å². The van der Waals surface area contributed by atoms with Crippen molar-refractivity contribution >= 4 is 22.7 Å². The van der Waals surface area contributed by atoms with Gasteiger partial charge in [0.1, 0.15) is 0 Å². The van der Waals surface area contributed by atoms with E-state index in [1.807, 2.05) is 25.1 Å². The number of halogens is 1. The molecule has 4 heteroatoms. The van der Waals surface area contributed by atoms with Gasteiger partial charge in [-0.3, -0.25) is 0 Å². The summed E-state index contributed by atoms with van der Waals surface area (Å²) in [6.45, 7) is 1.89. The average Bonchev–Trinajstić information content (AvgIpc) is 2.27. The Morgan fingerprint density at radius 1 is 1.40 bits per heavy atom. The topological polar surface area (TPSA) is 38.7 Å². The molecule has 15 heavy (non-hydrogen) atoms. The largest absolute Gasteiger partial charge is 0.335 e. The van der Waals surface area contributed by atoms with Crippen molar-refractivity contribution < 1.29 is 9.63 Å². The molecule has 80 valence electrons. The predicted octanol–water partition coefficient (Wildman–Crippen LogP) is 2.93. The number of hydrogen-bond donors (Lipinski definition) is 0. The van der Waals surface area contributed by atoms with E-state index in [4.69, 9.17) is 11.6 Å². The SMILES string of the molecule is CCCC(=O)ON=C(Cl)c1ccccc1. The first kappa shape index (κ1) is 11.7. The van der Waals surface area contributed by atoms with E-state index in [9.17, 15) is 4.79 Å². The molecule has 0 amide bonds. The fourth-order valence-corrected chi connectivity index (χ4v) is 1.13. The Balaban J connectivity index is 2.57. The van der Waals surface area contributed by atoms with Gasteiger partial charge in [0.15, 0.2) is 5.17 Å². The molecule has 0 saturated carbocycles. The Morgan fingerprint density at radius 2 is 2.07 bits per heavy atom. The van der Waals surface area contributed by atoms with Crippen LogP contribution in [0.25, 0.3) is 0 Å². The van der Waals surface area contributed by atoms with Crippen LogP contribution >= 0.6 is 11.6 Å². The predicted molar refractivity (Wildman–Crippen MR) is 59.8 cm³/mol. The maximum absolute atomic E-state index is 11.0. The van der Waals surface area contributed by atoms with Gasteiger partial charge < -0.3 is 4.84 Å². The molecule has 0 aromatic heterocycles. The molecular formula is C11H12ClNO2. The molecule has 0 fully saturated rings. The molecule has 0 saturated heterocycles. The zero-order valence-corrected chi connectivity index (χ0v) is 9.20. The summed E-state index contributed by atoms with van der Waals surface area (Å²) < 4.78 is 0. The minimum Gasteiger partial charge on any atom is -0.317 e. The molecule has 0 spiro atoms. The van der Waals surface area contributed by atoms with Crippen LogP contribution in [0.1, 0.15) is 25.3 Å². The molecule has 0 aliphatic heterocycles. The lowest BCUT2D eigenvalue weighted by molar-refractivity contribution is -0.143. The summed E-state index contributed by atoms with van der Waals surface area (Å²) in [5.74, 6) is -0.369. The van der Waals surface area contributed by atoms with Crippen LogP contribution < -0.4 is 0 Å². The summed E-state index contributed by atoms with van der Waals surface area (Å²) in [6, 6.07) is 9.12. The third-order valence-electron chi connectivity index (χ3n) is 1.69. The Labute approximate surface area is 93.7 Å². The zero-order chi connectivity index (χ0) is 11.1. The molecule has 1 aromatic rings. The minimum atomic E-state index is -0.369. The maximum atomic E-state index is 11.0. The van der Waals surface area contributed by atoms with Crippen LogP contribution in [0, 0.1) is 0 Å². The van der Waals surface area contributed by atoms with Crippen LogP contribution in [0.4, 0.5) is 0 Å². The van der Waals surface area contributed by atoms with Gasteiger partial charge in [-0.1, -0.05) is 54.0 Å². The van der Waals surface area contributed by atoms with Crippen molar-refractivity contribution in [3.05, 3.63) is 35.9 Å². The second-order valence-electron chi connectivity index (χ2n) is 2.96. The average molecular weight is 226 g/mol. The van der Waals surface area contributed by atoms with E-state index in [0.717, 1.165) is 12.0 Å². The summed E-state index contributed by atoms with van der Waals surface area (Å²) in [7, 11) is 0. The van der Waals surface area contributed by atoms with Crippen molar-refractivity contribution in [3.63, 3.8) is 0 Å². The number of nitrogens with zero attached hydrogens (tertiary/aromatic N) is 1. The van der Waals surface area contributed by atoms with E-state index >= 15 is 0 Å². The number of rotatable bonds is 4. The first-order chi connectivity index (χ1) is 7.24. The zero-order valence-electron chi connectivity index (χ0n) is 8.44. The summed E-state index contributed by atoms with van der Waals surface area (Å²) in [5, 5.41) is 3.73.